The van der Waals surface area contributed by atoms with Gasteiger partial charge in [-0.1, -0.05) is 12.1 Å². The summed E-state index contributed by atoms with van der Waals surface area (Å²) in [5, 5.41) is 25.9. The number of hydrogen-bond donors (Lipinski definition) is 3. The van der Waals surface area contributed by atoms with Crippen molar-refractivity contribution in [2.24, 2.45) is 0 Å². The van der Waals surface area contributed by atoms with E-state index in [1.807, 2.05) is 0 Å². The van der Waals surface area contributed by atoms with Gasteiger partial charge in [0.1, 0.15) is 5.82 Å². The number of carboxylic acids is 1. The lowest BCUT2D eigenvalue weighted by Gasteiger charge is -2.04. The fourth-order valence-electron chi connectivity index (χ4n) is 1.17. The average molecular weight is 212 g/mol. The van der Waals surface area contributed by atoms with Crippen LogP contribution in [0.5, 0.6) is 0 Å². The third-order valence-corrected chi connectivity index (χ3v) is 1.98. The summed E-state index contributed by atoms with van der Waals surface area (Å²) in [4.78, 5) is 10.3. The minimum Gasteiger partial charge on any atom is -0.481 e. The molecule has 0 aromatic heterocycles. The Morgan fingerprint density at radius 1 is 1.40 bits per heavy atom. The Labute approximate surface area is 86.1 Å². The summed E-state index contributed by atoms with van der Waals surface area (Å²) in [6, 6.07) is 3.69. The maximum absolute atomic E-state index is 13.2. The molecule has 0 aliphatic heterocycles. The zero-order valence-corrected chi connectivity index (χ0v) is 7.85. The maximum atomic E-state index is 13.2. The number of aryl methyl sites for hydroxylation is 1. The molecule has 0 heterocycles. The summed E-state index contributed by atoms with van der Waals surface area (Å²) in [7, 11) is -1.71. The number of hydrogen-bond acceptors (Lipinski definition) is 3. The van der Waals surface area contributed by atoms with Crippen LogP contribution in [0.4, 0.5) is 4.39 Å². The SMILES string of the molecule is O=C(O)CCc1ccc(B(O)O)cc1F. The van der Waals surface area contributed by atoms with Gasteiger partial charge in [-0.05, 0) is 23.5 Å². The Kier molecular flexibility index (Phi) is 3.82. The van der Waals surface area contributed by atoms with E-state index < -0.39 is 18.9 Å². The summed E-state index contributed by atoms with van der Waals surface area (Å²) in [6.07, 6.45) is -0.0685. The normalized spacial score (nSPS) is 10.1. The van der Waals surface area contributed by atoms with E-state index in [0.717, 1.165) is 6.07 Å². The molecule has 1 aromatic rings. The molecule has 0 fully saturated rings. The molecular weight excluding hydrogens is 202 g/mol. The Bertz CT molecular complexity index is 367. The highest BCUT2D eigenvalue weighted by molar-refractivity contribution is 6.58. The van der Waals surface area contributed by atoms with Crippen molar-refractivity contribution < 1.29 is 24.3 Å². The largest absolute Gasteiger partial charge is 0.488 e. The molecule has 0 saturated carbocycles. The van der Waals surface area contributed by atoms with Crippen LogP contribution in [0.1, 0.15) is 12.0 Å². The van der Waals surface area contributed by atoms with Gasteiger partial charge in [-0.25, -0.2) is 4.39 Å². The summed E-state index contributed by atoms with van der Waals surface area (Å²) >= 11 is 0. The lowest BCUT2D eigenvalue weighted by atomic mass is 9.80. The van der Waals surface area contributed by atoms with Crippen LogP contribution >= 0.6 is 0 Å². The van der Waals surface area contributed by atoms with Gasteiger partial charge in [0.2, 0.25) is 0 Å². The van der Waals surface area contributed by atoms with Gasteiger partial charge < -0.3 is 15.2 Å². The van der Waals surface area contributed by atoms with Crippen molar-refractivity contribution in [3.05, 3.63) is 29.6 Å². The molecule has 80 valence electrons. The minimum atomic E-state index is -1.71. The third kappa shape index (κ3) is 3.34. The lowest BCUT2D eigenvalue weighted by Crippen LogP contribution is -2.30. The van der Waals surface area contributed by atoms with Crippen LogP contribution in [0.25, 0.3) is 0 Å². The molecule has 0 radical (unpaired) electrons. The van der Waals surface area contributed by atoms with E-state index in [-0.39, 0.29) is 23.9 Å². The number of rotatable bonds is 4. The fourth-order valence-corrected chi connectivity index (χ4v) is 1.17. The Morgan fingerprint density at radius 2 is 2.07 bits per heavy atom. The molecule has 3 N–H and O–H groups in total. The van der Waals surface area contributed by atoms with Crippen molar-refractivity contribution in [2.45, 2.75) is 12.8 Å². The number of carbonyl (C=O) groups is 1. The summed E-state index contributed by atoms with van der Waals surface area (Å²) < 4.78 is 13.2. The number of aliphatic carboxylic acids is 1. The molecule has 0 amide bonds. The highest BCUT2D eigenvalue weighted by Gasteiger charge is 2.13. The fraction of sp³-hybridized carbons (Fsp3) is 0.222. The van der Waals surface area contributed by atoms with Crippen molar-refractivity contribution in [2.75, 3.05) is 0 Å². The Balaban J connectivity index is 2.79. The molecule has 0 unspecified atom stereocenters. The average Bonchev–Trinajstić information content (AvgIpc) is 2.15. The zero-order chi connectivity index (χ0) is 11.4. The molecule has 0 saturated heterocycles. The predicted octanol–water partition coefficient (Wildman–Crippen LogP) is -0.477. The van der Waals surface area contributed by atoms with E-state index in [2.05, 4.69) is 0 Å². The van der Waals surface area contributed by atoms with Gasteiger partial charge in [-0.3, -0.25) is 4.79 Å². The van der Waals surface area contributed by atoms with Gasteiger partial charge in [0.15, 0.2) is 0 Å². The van der Waals surface area contributed by atoms with Crippen LogP contribution in [0.2, 0.25) is 0 Å². The van der Waals surface area contributed by atoms with Crippen molar-refractivity contribution in [1.82, 2.24) is 0 Å². The first-order valence-electron chi connectivity index (χ1n) is 4.37. The smallest absolute Gasteiger partial charge is 0.481 e. The van der Waals surface area contributed by atoms with Gasteiger partial charge in [0.25, 0.3) is 0 Å². The first-order valence-corrected chi connectivity index (χ1v) is 4.37. The van der Waals surface area contributed by atoms with Crippen molar-refractivity contribution in [3.63, 3.8) is 0 Å². The molecule has 0 aliphatic carbocycles. The van der Waals surface area contributed by atoms with Gasteiger partial charge in [0.05, 0.1) is 0 Å². The van der Waals surface area contributed by atoms with Crippen LogP contribution in [-0.4, -0.2) is 28.2 Å². The second kappa shape index (κ2) is 4.90. The molecule has 0 spiro atoms. The molecular formula is C9H10BFO4. The Morgan fingerprint density at radius 3 is 2.53 bits per heavy atom. The minimum absolute atomic E-state index is 0.0478. The maximum Gasteiger partial charge on any atom is 0.488 e. The lowest BCUT2D eigenvalue weighted by molar-refractivity contribution is -0.136. The summed E-state index contributed by atoms with van der Waals surface area (Å²) in [5.41, 5.74) is 0.299. The van der Waals surface area contributed by atoms with Gasteiger partial charge in [-0.2, -0.15) is 0 Å². The quantitative estimate of drug-likeness (QED) is 0.589. The van der Waals surface area contributed by atoms with E-state index in [4.69, 9.17) is 15.2 Å². The topological polar surface area (TPSA) is 77.8 Å². The Hall–Kier alpha value is -1.40. The molecule has 0 atom stereocenters. The summed E-state index contributed by atoms with van der Waals surface area (Å²) in [6.45, 7) is 0. The summed E-state index contributed by atoms with van der Waals surface area (Å²) in [5.74, 6) is -1.62. The zero-order valence-electron chi connectivity index (χ0n) is 7.85. The van der Waals surface area contributed by atoms with Crippen LogP contribution in [-0.2, 0) is 11.2 Å². The van der Waals surface area contributed by atoms with Crippen LogP contribution in [0, 0.1) is 5.82 Å². The van der Waals surface area contributed by atoms with Gasteiger partial charge >= 0.3 is 13.1 Å². The van der Waals surface area contributed by atoms with Crippen molar-refractivity contribution >= 4 is 18.6 Å². The van der Waals surface area contributed by atoms with E-state index >= 15 is 0 Å². The molecule has 0 aliphatic rings. The molecule has 15 heavy (non-hydrogen) atoms. The molecule has 1 aromatic carbocycles. The third-order valence-electron chi connectivity index (χ3n) is 1.98. The van der Waals surface area contributed by atoms with E-state index in [0.29, 0.717) is 0 Å². The molecule has 0 bridgehead atoms. The molecule has 1 rings (SSSR count). The van der Waals surface area contributed by atoms with Crippen LogP contribution < -0.4 is 5.46 Å². The standard InChI is InChI=1S/C9H10BFO4/c11-8-5-7(10(14)15)3-1-6(8)2-4-9(12)13/h1,3,5,14-15H,2,4H2,(H,12,13). The van der Waals surface area contributed by atoms with Gasteiger partial charge in [-0.15, -0.1) is 0 Å². The second-order valence-corrected chi connectivity index (χ2v) is 3.12. The van der Waals surface area contributed by atoms with E-state index in [1.165, 1.54) is 12.1 Å². The van der Waals surface area contributed by atoms with Crippen LogP contribution in [0.3, 0.4) is 0 Å². The van der Waals surface area contributed by atoms with E-state index in [9.17, 15) is 9.18 Å². The predicted molar refractivity (Wildman–Crippen MR) is 52.2 cm³/mol. The second-order valence-electron chi connectivity index (χ2n) is 3.12. The highest BCUT2D eigenvalue weighted by atomic mass is 19.1. The number of benzene rings is 1. The molecule has 6 heteroatoms. The van der Waals surface area contributed by atoms with Crippen molar-refractivity contribution in [1.29, 1.82) is 0 Å². The van der Waals surface area contributed by atoms with E-state index in [1.54, 1.807) is 0 Å². The number of halogens is 1. The van der Waals surface area contributed by atoms with Crippen molar-refractivity contribution in [3.8, 4) is 0 Å². The van der Waals surface area contributed by atoms with Gasteiger partial charge in [0, 0.05) is 6.42 Å². The first-order chi connectivity index (χ1) is 7.00. The monoisotopic (exact) mass is 212 g/mol. The first kappa shape index (κ1) is 11.7. The highest BCUT2D eigenvalue weighted by Crippen LogP contribution is 2.08. The molecule has 4 nitrogen and oxygen atoms in total. The van der Waals surface area contributed by atoms with Crippen LogP contribution in [0.15, 0.2) is 18.2 Å². The number of carboxylic acid groups (broad SMARTS) is 1.